The fourth-order valence-electron chi connectivity index (χ4n) is 2.69. The van der Waals surface area contributed by atoms with Gasteiger partial charge in [0.2, 0.25) is 11.8 Å². The van der Waals surface area contributed by atoms with Crippen LogP contribution in [0.4, 0.5) is 5.69 Å². The molecular formula is C20H20N4O2. The van der Waals surface area contributed by atoms with Crippen molar-refractivity contribution in [2.24, 2.45) is 7.05 Å². The Kier molecular flexibility index (Phi) is 5.43. The molecule has 2 amide bonds. The summed E-state index contributed by atoms with van der Waals surface area (Å²) in [5, 5.41) is 6.56. The molecule has 0 aliphatic carbocycles. The molecule has 132 valence electrons. The Morgan fingerprint density at radius 2 is 1.92 bits per heavy atom. The van der Waals surface area contributed by atoms with Crippen molar-refractivity contribution in [1.29, 1.82) is 0 Å². The molecule has 0 radical (unpaired) electrons. The second kappa shape index (κ2) is 8.11. The standard InChI is InChI=1S/C20H20N4O2/c1-24-14-15(17-4-2-3-5-18(17)24)6-7-19(25)22-13-10-20(26)23-16-8-11-21-12-9-16/h2-9,11-12,14H,10,13H2,1H3,(H,22,25)(H,21,23,26). The van der Waals surface area contributed by atoms with Crippen LogP contribution < -0.4 is 10.6 Å². The zero-order valence-corrected chi connectivity index (χ0v) is 14.5. The van der Waals surface area contributed by atoms with Gasteiger partial charge in [-0.05, 0) is 24.3 Å². The number of anilines is 1. The van der Waals surface area contributed by atoms with Gasteiger partial charge < -0.3 is 15.2 Å². The number of aryl methyl sites for hydroxylation is 1. The fraction of sp³-hybridized carbons (Fsp3) is 0.150. The molecule has 0 saturated carbocycles. The van der Waals surface area contributed by atoms with Gasteiger partial charge >= 0.3 is 0 Å². The van der Waals surface area contributed by atoms with Gasteiger partial charge in [0, 0.05) is 66.8 Å². The number of fused-ring (bicyclic) bond motifs is 1. The van der Waals surface area contributed by atoms with Crippen molar-refractivity contribution in [3.8, 4) is 0 Å². The van der Waals surface area contributed by atoms with Crippen LogP contribution in [0.3, 0.4) is 0 Å². The van der Waals surface area contributed by atoms with Crippen molar-refractivity contribution in [3.05, 3.63) is 66.6 Å². The van der Waals surface area contributed by atoms with E-state index in [1.54, 1.807) is 30.6 Å². The van der Waals surface area contributed by atoms with E-state index in [0.717, 1.165) is 16.5 Å². The molecule has 6 heteroatoms. The second-order valence-electron chi connectivity index (χ2n) is 5.87. The van der Waals surface area contributed by atoms with Gasteiger partial charge in [0.1, 0.15) is 0 Å². The quantitative estimate of drug-likeness (QED) is 0.673. The summed E-state index contributed by atoms with van der Waals surface area (Å²) in [6, 6.07) is 11.4. The average molecular weight is 348 g/mol. The topological polar surface area (TPSA) is 76.0 Å². The first-order valence-corrected chi connectivity index (χ1v) is 8.33. The third-order valence-corrected chi connectivity index (χ3v) is 3.96. The molecule has 6 nitrogen and oxygen atoms in total. The van der Waals surface area contributed by atoms with Crippen LogP contribution in [-0.2, 0) is 16.6 Å². The number of hydrogen-bond donors (Lipinski definition) is 2. The number of para-hydroxylation sites is 1. The predicted octanol–water partition coefficient (Wildman–Crippen LogP) is 2.73. The van der Waals surface area contributed by atoms with Crippen LogP contribution in [0.25, 0.3) is 17.0 Å². The highest BCUT2D eigenvalue weighted by Crippen LogP contribution is 2.21. The first kappa shape index (κ1) is 17.4. The van der Waals surface area contributed by atoms with Gasteiger partial charge in [0.25, 0.3) is 0 Å². The first-order valence-electron chi connectivity index (χ1n) is 8.33. The van der Waals surface area contributed by atoms with Gasteiger partial charge in [0.15, 0.2) is 0 Å². The summed E-state index contributed by atoms with van der Waals surface area (Å²) in [5.41, 5.74) is 2.78. The molecule has 2 heterocycles. The van der Waals surface area contributed by atoms with Crippen molar-refractivity contribution in [2.75, 3.05) is 11.9 Å². The molecule has 2 aromatic heterocycles. The molecular weight excluding hydrogens is 328 g/mol. The first-order chi connectivity index (χ1) is 12.6. The van der Waals surface area contributed by atoms with Crippen LogP contribution >= 0.6 is 0 Å². The molecule has 0 bridgehead atoms. The lowest BCUT2D eigenvalue weighted by Crippen LogP contribution is -2.26. The molecule has 0 aliphatic heterocycles. The molecule has 0 unspecified atom stereocenters. The van der Waals surface area contributed by atoms with Gasteiger partial charge in [0.05, 0.1) is 0 Å². The summed E-state index contributed by atoms with van der Waals surface area (Å²) in [5.74, 6) is -0.385. The van der Waals surface area contributed by atoms with E-state index in [2.05, 4.69) is 15.6 Å². The molecule has 0 fully saturated rings. The predicted molar refractivity (Wildman–Crippen MR) is 102 cm³/mol. The number of pyridine rings is 1. The number of benzene rings is 1. The van der Waals surface area contributed by atoms with Crippen molar-refractivity contribution in [1.82, 2.24) is 14.9 Å². The number of aromatic nitrogens is 2. The number of nitrogens with one attached hydrogen (secondary N) is 2. The minimum Gasteiger partial charge on any atom is -0.352 e. The highest BCUT2D eigenvalue weighted by molar-refractivity contribution is 5.97. The smallest absolute Gasteiger partial charge is 0.244 e. The Morgan fingerprint density at radius 3 is 2.73 bits per heavy atom. The van der Waals surface area contributed by atoms with Gasteiger partial charge in [-0.2, -0.15) is 0 Å². The zero-order valence-electron chi connectivity index (χ0n) is 14.5. The van der Waals surface area contributed by atoms with Gasteiger partial charge in [-0.3, -0.25) is 14.6 Å². The second-order valence-corrected chi connectivity index (χ2v) is 5.87. The summed E-state index contributed by atoms with van der Waals surface area (Å²) in [4.78, 5) is 27.7. The molecule has 1 aromatic carbocycles. The van der Waals surface area contributed by atoms with Crippen LogP contribution in [0.15, 0.2) is 61.1 Å². The molecule has 2 N–H and O–H groups in total. The fourth-order valence-corrected chi connectivity index (χ4v) is 2.69. The number of rotatable bonds is 6. The molecule has 0 aliphatic rings. The summed E-state index contributed by atoms with van der Waals surface area (Å²) in [7, 11) is 1.97. The lowest BCUT2D eigenvalue weighted by molar-refractivity contribution is -0.117. The molecule has 26 heavy (non-hydrogen) atoms. The molecule has 3 aromatic rings. The largest absolute Gasteiger partial charge is 0.352 e. The van der Waals surface area contributed by atoms with Crippen LogP contribution in [0.1, 0.15) is 12.0 Å². The van der Waals surface area contributed by atoms with E-state index >= 15 is 0 Å². The van der Waals surface area contributed by atoms with E-state index in [0.29, 0.717) is 5.69 Å². The van der Waals surface area contributed by atoms with E-state index in [-0.39, 0.29) is 24.8 Å². The van der Waals surface area contributed by atoms with E-state index < -0.39 is 0 Å². The number of amides is 2. The SMILES string of the molecule is Cn1cc(C=CC(=O)NCCC(=O)Nc2ccncc2)c2ccccc21. The minimum atomic E-state index is -0.227. The van der Waals surface area contributed by atoms with E-state index in [4.69, 9.17) is 0 Å². The maximum atomic E-state index is 12.0. The summed E-state index contributed by atoms with van der Waals surface area (Å²) in [6.07, 6.45) is 8.68. The van der Waals surface area contributed by atoms with Crippen molar-refractivity contribution >= 4 is 34.5 Å². The average Bonchev–Trinajstić information content (AvgIpc) is 2.97. The van der Waals surface area contributed by atoms with Crippen molar-refractivity contribution in [2.45, 2.75) is 6.42 Å². The summed E-state index contributed by atoms with van der Waals surface area (Å²) in [6.45, 7) is 0.273. The Hall–Kier alpha value is -3.41. The normalized spacial score (nSPS) is 11.0. The molecule has 3 rings (SSSR count). The Labute approximate surface area is 151 Å². The highest BCUT2D eigenvalue weighted by Gasteiger charge is 2.05. The lowest BCUT2D eigenvalue weighted by atomic mass is 10.1. The van der Waals surface area contributed by atoms with E-state index in [1.165, 1.54) is 6.08 Å². The van der Waals surface area contributed by atoms with Gasteiger partial charge in [-0.15, -0.1) is 0 Å². The third-order valence-electron chi connectivity index (χ3n) is 3.96. The van der Waals surface area contributed by atoms with Crippen LogP contribution in [-0.4, -0.2) is 27.9 Å². The van der Waals surface area contributed by atoms with E-state index in [1.807, 2.05) is 42.1 Å². The lowest BCUT2D eigenvalue weighted by Gasteiger charge is -2.05. The molecule has 0 atom stereocenters. The summed E-state index contributed by atoms with van der Waals surface area (Å²) >= 11 is 0. The number of nitrogens with zero attached hydrogens (tertiary/aromatic N) is 2. The third kappa shape index (κ3) is 4.36. The van der Waals surface area contributed by atoms with Crippen molar-refractivity contribution < 1.29 is 9.59 Å². The number of hydrogen-bond acceptors (Lipinski definition) is 3. The van der Waals surface area contributed by atoms with Gasteiger partial charge in [-0.1, -0.05) is 18.2 Å². The van der Waals surface area contributed by atoms with Crippen LogP contribution in [0.5, 0.6) is 0 Å². The zero-order chi connectivity index (χ0) is 18.4. The molecule has 0 saturated heterocycles. The van der Waals surface area contributed by atoms with E-state index in [9.17, 15) is 9.59 Å². The summed E-state index contributed by atoms with van der Waals surface area (Å²) < 4.78 is 2.02. The monoisotopic (exact) mass is 348 g/mol. The minimum absolute atomic E-state index is 0.158. The maximum absolute atomic E-state index is 12.0. The number of carbonyl (C=O) groups is 2. The van der Waals surface area contributed by atoms with Crippen LogP contribution in [0, 0.1) is 0 Å². The Morgan fingerprint density at radius 1 is 1.15 bits per heavy atom. The molecule has 0 spiro atoms. The Balaban J connectivity index is 1.49. The number of carbonyl (C=O) groups excluding carboxylic acids is 2. The van der Waals surface area contributed by atoms with Crippen molar-refractivity contribution in [3.63, 3.8) is 0 Å². The maximum Gasteiger partial charge on any atom is 0.244 e. The Bertz CT molecular complexity index is 945. The van der Waals surface area contributed by atoms with Crippen LogP contribution in [0.2, 0.25) is 0 Å². The van der Waals surface area contributed by atoms with Gasteiger partial charge in [-0.25, -0.2) is 0 Å². The highest BCUT2D eigenvalue weighted by atomic mass is 16.2.